The number of likely N-dealkylation sites (tertiary alicyclic amines) is 1. The second kappa shape index (κ2) is 7.92. The van der Waals surface area contributed by atoms with Gasteiger partial charge in [0.05, 0.1) is 0 Å². The lowest BCUT2D eigenvalue weighted by Gasteiger charge is -2.30. The maximum atomic E-state index is 12.7. The molecule has 0 radical (unpaired) electrons. The Morgan fingerprint density at radius 1 is 1.04 bits per heavy atom. The van der Waals surface area contributed by atoms with E-state index in [0.29, 0.717) is 35.1 Å². The van der Waals surface area contributed by atoms with E-state index < -0.39 is 0 Å². The molecule has 6 nitrogen and oxygen atoms in total. The molecule has 1 saturated heterocycles. The van der Waals surface area contributed by atoms with Crippen molar-refractivity contribution in [2.75, 3.05) is 19.9 Å². The average Bonchev–Trinajstić information content (AvgIpc) is 3.20. The number of hydrogen-bond donors (Lipinski definition) is 1. The summed E-state index contributed by atoms with van der Waals surface area (Å²) in [7, 11) is 0. The van der Waals surface area contributed by atoms with Gasteiger partial charge in [-0.3, -0.25) is 9.59 Å². The van der Waals surface area contributed by atoms with Crippen LogP contribution in [0.15, 0.2) is 42.5 Å². The van der Waals surface area contributed by atoms with E-state index in [0.717, 1.165) is 31.5 Å². The lowest BCUT2D eigenvalue weighted by molar-refractivity contribution is 0.0697. The molecule has 146 valence electrons. The summed E-state index contributed by atoms with van der Waals surface area (Å²) in [6, 6.07) is 12.5. The number of ether oxygens (including phenoxy) is 2. The molecular weight excluding hydrogens is 356 g/mol. The van der Waals surface area contributed by atoms with Crippen molar-refractivity contribution in [2.24, 2.45) is 5.92 Å². The van der Waals surface area contributed by atoms with E-state index >= 15 is 0 Å². The Labute approximate surface area is 164 Å². The Kier molecular flexibility index (Phi) is 5.19. The van der Waals surface area contributed by atoms with Crippen LogP contribution in [0, 0.1) is 5.92 Å². The third kappa shape index (κ3) is 3.96. The number of amides is 2. The number of piperidine rings is 1. The molecule has 2 aromatic rings. The first kappa shape index (κ1) is 18.3. The molecule has 0 saturated carbocycles. The van der Waals surface area contributed by atoms with Crippen LogP contribution in [0.5, 0.6) is 11.5 Å². The van der Waals surface area contributed by atoms with Gasteiger partial charge in [0.15, 0.2) is 11.5 Å². The third-order valence-corrected chi connectivity index (χ3v) is 5.33. The first-order valence-corrected chi connectivity index (χ1v) is 9.66. The molecule has 0 atom stereocenters. The molecule has 2 aromatic carbocycles. The highest BCUT2D eigenvalue weighted by Gasteiger charge is 2.22. The summed E-state index contributed by atoms with van der Waals surface area (Å²) in [5.74, 6) is 1.86. The molecule has 2 aliphatic heterocycles. The topological polar surface area (TPSA) is 67.9 Å². The van der Waals surface area contributed by atoms with Gasteiger partial charge in [0.2, 0.25) is 6.79 Å². The van der Waals surface area contributed by atoms with Gasteiger partial charge in [0, 0.05) is 30.8 Å². The number of carbonyl (C=O) groups excluding carboxylic acids is 2. The quantitative estimate of drug-likeness (QED) is 0.884. The number of rotatable bonds is 4. The van der Waals surface area contributed by atoms with E-state index in [9.17, 15) is 9.59 Å². The summed E-state index contributed by atoms with van der Waals surface area (Å²) in [6.45, 7) is 4.37. The molecule has 2 heterocycles. The number of carbonyl (C=O) groups is 2. The predicted molar refractivity (Wildman–Crippen MR) is 104 cm³/mol. The van der Waals surface area contributed by atoms with Crippen LogP contribution in [0.2, 0.25) is 0 Å². The molecule has 28 heavy (non-hydrogen) atoms. The highest BCUT2D eigenvalue weighted by Crippen LogP contribution is 2.32. The molecule has 2 amide bonds. The van der Waals surface area contributed by atoms with Gasteiger partial charge in [-0.25, -0.2) is 0 Å². The average molecular weight is 380 g/mol. The Balaban J connectivity index is 1.39. The number of hydrogen-bond acceptors (Lipinski definition) is 4. The molecule has 6 heteroatoms. The Bertz CT molecular complexity index is 888. The molecule has 2 aliphatic rings. The molecule has 4 rings (SSSR count). The molecule has 0 unspecified atom stereocenters. The standard InChI is InChI=1S/C22H24N2O4/c1-15-7-9-24(10-8-15)22(26)18-4-2-3-17(12-18)21(25)23-13-16-5-6-19-20(11-16)28-14-27-19/h2-6,11-12,15H,7-10,13-14H2,1H3,(H,23,25). The van der Waals surface area contributed by atoms with Crippen LogP contribution >= 0.6 is 0 Å². The van der Waals surface area contributed by atoms with Crippen molar-refractivity contribution in [3.8, 4) is 11.5 Å². The second-order valence-electron chi connectivity index (χ2n) is 7.43. The second-order valence-corrected chi connectivity index (χ2v) is 7.43. The zero-order valence-corrected chi connectivity index (χ0v) is 15.9. The van der Waals surface area contributed by atoms with Gasteiger partial charge in [-0.15, -0.1) is 0 Å². The van der Waals surface area contributed by atoms with Crippen LogP contribution in [0.1, 0.15) is 46.0 Å². The largest absolute Gasteiger partial charge is 0.454 e. The molecule has 1 N–H and O–H groups in total. The van der Waals surface area contributed by atoms with Crippen molar-refractivity contribution in [3.63, 3.8) is 0 Å². The van der Waals surface area contributed by atoms with E-state index in [1.165, 1.54) is 0 Å². The normalized spacial score (nSPS) is 16.1. The highest BCUT2D eigenvalue weighted by atomic mass is 16.7. The van der Waals surface area contributed by atoms with Crippen LogP contribution < -0.4 is 14.8 Å². The third-order valence-electron chi connectivity index (χ3n) is 5.33. The van der Waals surface area contributed by atoms with E-state index in [-0.39, 0.29) is 18.6 Å². The summed E-state index contributed by atoms with van der Waals surface area (Å²) in [6.07, 6.45) is 2.06. The number of nitrogens with one attached hydrogen (secondary N) is 1. The van der Waals surface area contributed by atoms with Gasteiger partial charge in [-0.2, -0.15) is 0 Å². The zero-order chi connectivity index (χ0) is 19.5. The minimum Gasteiger partial charge on any atom is -0.454 e. The van der Waals surface area contributed by atoms with Crippen LogP contribution in [0.4, 0.5) is 0 Å². The molecule has 0 spiro atoms. The summed E-state index contributed by atoms with van der Waals surface area (Å²) in [5.41, 5.74) is 1.97. The van der Waals surface area contributed by atoms with Crippen LogP contribution in [-0.4, -0.2) is 36.6 Å². The first-order valence-electron chi connectivity index (χ1n) is 9.66. The fourth-order valence-electron chi connectivity index (χ4n) is 3.52. The van der Waals surface area contributed by atoms with Gasteiger partial charge < -0.3 is 19.7 Å². The van der Waals surface area contributed by atoms with Crippen molar-refractivity contribution >= 4 is 11.8 Å². The van der Waals surface area contributed by atoms with Gasteiger partial charge in [0.1, 0.15) is 0 Å². The van der Waals surface area contributed by atoms with Gasteiger partial charge in [-0.05, 0) is 54.7 Å². The van der Waals surface area contributed by atoms with Crippen LogP contribution in [-0.2, 0) is 6.54 Å². The number of fused-ring (bicyclic) bond motifs is 1. The Morgan fingerprint density at radius 2 is 1.79 bits per heavy atom. The minimum absolute atomic E-state index is 0.00248. The van der Waals surface area contributed by atoms with E-state index in [1.54, 1.807) is 24.3 Å². The zero-order valence-electron chi connectivity index (χ0n) is 15.9. The molecule has 0 bridgehead atoms. The fourth-order valence-corrected chi connectivity index (χ4v) is 3.52. The molecular formula is C22H24N2O4. The van der Waals surface area contributed by atoms with Crippen molar-refractivity contribution in [2.45, 2.75) is 26.3 Å². The van der Waals surface area contributed by atoms with E-state index in [4.69, 9.17) is 9.47 Å². The van der Waals surface area contributed by atoms with E-state index in [1.807, 2.05) is 23.1 Å². The lowest BCUT2D eigenvalue weighted by atomic mass is 9.98. The number of nitrogens with zero attached hydrogens (tertiary/aromatic N) is 1. The molecule has 0 aromatic heterocycles. The van der Waals surface area contributed by atoms with Gasteiger partial charge in [-0.1, -0.05) is 19.1 Å². The minimum atomic E-state index is -0.209. The van der Waals surface area contributed by atoms with Gasteiger partial charge >= 0.3 is 0 Å². The molecule has 1 fully saturated rings. The summed E-state index contributed by atoms with van der Waals surface area (Å²) < 4.78 is 10.7. The van der Waals surface area contributed by atoms with Crippen molar-refractivity contribution in [1.82, 2.24) is 10.2 Å². The summed E-state index contributed by atoms with van der Waals surface area (Å²) in [5, 5.41) is 2.90. The Hall–Kier alpha value is -3.02. The number of benzene rings is 2. The van der Waals surface area contributed by atoms with Crippen LogP contribution in [0.3, 0.4) is 0 Å². The highest BCUT2D eigenvalue weighted by molar-refractivity contribution is 5.99. The van der Waals surface area contributed by atoms with Crippen LogP contribution in [0.25, 0.3) is 0 Å². The fraction of sp³-hybridized carbons (Fsp3) is 0.364. The van der Waals surface area contributed by atoms with Gasteiger partial charge in [0.25, 0.3) is 11.8 Å². The molecule has 0 aliphatic carbocycles. The lowest BCUT2D eigenvalue weighted by Crippen LogP contribution is -2.38. The summed E-state index contributed by atoms with van der Waals surface area (Å²) in [4.78, 5) is 27.2. The smallest absolute Gasteiger partial charge is 0.253 e. The maximum absolute atomic E-state index is 12.7. The predicted octanol–water partition coefficient (Wildman–Crippen LogP) is 3.22. The van der Waals surface area contributed by atoms with Crippen molar-refractivity contribution in [1.29, 1.82) is 0 Å². The van der Waals surface area contributed by atoms with E-state index in [2.05, 4.69) is 12.2 Å². The monoisotopic (exact) mass is 380 g/mol. The summed E-state index contributed by atoms with van der Waals surface area (Å²) >= 11 is 0. The first-order chi connectivity index (χ1) is 13.6. The SMILES string of the molecule is CC1CCN(C(=O)c2cccc(C(=O)NCc3ccc4c(c3)OCO4)c2)CC1. The van der Waals surface area contributed by atoms with Crippen molar-refractivity contribution < 1.29 is 19.1 Å². The maximum Gasteiger partial charge on any atom is 0.253 e. The van der Waals surface area contributed by atoms with Crippen molar-refractivity contribution in [3.05, 3.63) is 59.2 Å². The Morgan fingerprint density at radius 3 is 2.61 bits per heavy atom.